The molecule has 0 bridgehead atoms. The molecule has 0 radical (unpaired) electrons. The highest BCUT2D eigenvalue weighted by atomic mass is 16.3. The van der Waals surface area contributed by atoms with Gasteiger partial charge in [-0.05, 0) is 18.8 Å². The van der Waals surface area contributed by atoms with E-state index < -0.39 is 0 Å². The van der Waals surface area contributed by atoms with Crippen molar-refractivity contribution in [3.05, 3.63) is 4.91 Å². The average molecular weight is 159 g/mol. The summed E-state index contributed by atoms with van der Waals surface area (Å²) in [6.07, 6.45) is 3.90. The lowest BCUT2D eigenvalue weighted by Gasteiger charge is -2.07. The predicted molar refractivity (Wildman–Crippen MR) is 45.4 cm³/mol. The summed E-state index contributed by atoms with van der Waals surface area (Å²) in [5.74, 6) is 0.576. The highest BCUT2D eigenvalue weighted by Crippen LogP contribution is 2.10. The highest BCUT2D eigenvalue weighted by Gasteiger charge is 1.99. The summed E-state index contributed by atoms with van der Waals surface area (Å²) < 4.78 is 0. The number of hydrogen-bond donors (Lipinski definition) is 1. The number of nitroso groups, excluding NO2 is 1. The molecule has 0 unspecified atom stereocenters. The van der Waals surface area contributed by atoms with Crippen molar-refractivity contribution in [2.45, 2.75) is 32.6 Å². The normalized spacial score (nSPS) is 12.9. The van der Waals surface area contributed by atoms with E-state index in [0.29, 0.717) is 12.5 Å². The molecule has 0 heterocycles. The molecule has 0 amide bonds. The SMILES string of the molecule is C[C@@H](CCO)CCCCN=O. The minimum absolute atomic E-state index is 0.271. The third-order valence-electron chi connectivity index (χ3n) is 1.82. The number of aliphatic hydroxyl groups is 1. The van der Waals surface area contributed by atoms with Crippen LogP contribution in [0.25, 0.3) is 0 Å². The zero-order valence-electron chi connectivity index (χ0n) is 7.12. The lowest BCUT2D eigenvalue weighted by Crippen LogP contribution is -1.98. The van der Waals surface area contributed by atoms with Gasteiger partial charge in [-0.3, -0.25) is 0 Å². The maximum absolute atomic E-state index is 9.69. The van der Waals surface area contributed by atoms with E-state index in [2.05, 4.69) is 12.1 Å². The van der Waals surface area contributed by atoms with Crippen molar-refractivity contribution in [1.29, 1.82) is 0 Å². The Balaban J connectivity index is 3.03. The molecule has 1 N–H and O–H groups in total. The maximum atomic E-state index is 9.69. The van der Waals surface area contributed by atoms with Gasteiger partial charge in [0, 0.05) is 6.61 Å². The fourth-order valence-electron chi connectivity index (χ4n) is 1.03. The van der Waals surface area contributed by atoms with Gasteiger partial charge in [-0.25, -0.2) is 0 Å². The van der Waals surface area contributed by atoms with Gasteiger partial charge in [-0.15, -0.1) is 0 Å². The summed E-state index contributed by atoms with van der Waals surface area (Å²) in [5.41, 5.74) is 0. The number of nitrogens with zero attached hydrogens (tertiary/aromatic N) is 1. The van der Waals surface area contributed by atoms with E-state index in [1.165, 1.54) is 0 Å². The lowest BCUT2D eigenvalue weighted by molar-refractivity contribution is 0.257. The molecule has 11 heavy (non-hydrogen) atoms. The summed E-state index contributed by atoms with van der Waals surface area (Å²) in [6, 6.07) is 0. The van der Waals surface area contributed by atoms with Crippen LogP contribution in [0.1, 0.15) is 32.6 Å². The molecule has 0 aliphatic rings. The Morgan fingerprint density at radius 3 is 2.64 bits per heavy atom. The molecule has 0 aromatic carbocycles. The molecule has 66 valence electrons. The van der Waals surface area contributed by atoms with Crippen LogP contribution in [0.5, 0.6) is 0 Å². The van der Waals surface area contributed by atoms with Gasteiger partial charge in [0.05, 0.1) is 6.54 Å². The van der Waals surface area contributed by atoms with Crippen LogP contribution in [0.15, 0.2) is 5.18 Å². The first kappa shape index (κ1) is 10.6. The average Bonchev–Trinajstić information content (AvgIpc) is 1.99. The predicted octanol–water partition coefficient (Wildman–Crippen LogP) is 1.94. The summed E-state index contributed by atoms with van der Waals surface area (Å²) in [7, 11) is 0. The third kappa shape index (κ3) is 7.46. The molecule has 0 fully saturated rings. The van der Waals surface area contributed by atoms with Gasteiger partial charge in [-0.1, -0.05) is 24.9 Å². The van der Waals surface area contributed by atoms with Crippen molar-refractivity contribution >= 4 is 0 Å². The van der Waals surface area contributed by atoms with E-state index in [-0.39, 0.29) is 6.61 Å². The van der Waals surface area contributed by atoms with E-state index in [1.807, 2.05) is 0 Å². The molecule has 0 rings (SSSR count). The quantitative estimate of drug-likeness (QED) is 0.456. The Morgan fingerprint density at radius 1 is 1.36 bits per heavy atom. The topological polar surface area (TPSA) is 49.7 Å². The monoisotopic (exact) mass is 159 g/mol. The second kappa shape index (κ2) is 7.66. The van der Waals surface area contributed by atoms with Crippen LogP contribution in [0, 0.1) is 10.8 Å². The zero-order valence-corrected chi connectivity index (χ0v) is 7.12. The van der Waals surface area contributed by atoms with Gasteiger partial charge >= 0.3 is 0 Å². The lowest BCUT2D eigenvalue weighted by atomic mass is 10.0. The Hall–Kier alpha value is -0.440. The number of rotatable bonds is 7. The van der Waals surface area contributed by atoms with Crippen LogP contribution in [-0.2, 0) is 0 Å². The van der Waals surface area contributed by atoms with E-state index in [9.17, 15) is 4.91 Å². The van der Waals surface area contributed by atoms with E-state index in [0.717, 1.165) is 25.7 Å². The molecule has 3 heteroatoms. The van der Waals surface area contributed by atoms with Crippen molar-refractivity contribution < 1.29 is 5.11 Å². The molecular weight excluding hydrogens is 142 g/mol. The first-order chi connectivity index (χ1) is 5.31. The van der Waals surface area contributed by atoms with Crippen molar-refractivity contribution in [1.82, 2.24) is 0 Å². The van der Waals surface area contributed by atoms with E-state index in [1.54, 1.807) is 0 Å². The third-order valence-corrected chi connectivity index (χ3v) is 1.82. The van der Waals surface area contributed by atoms with Gasteiger partial charge in [-0.2, -0.15) is 4.91 Å². The maximum Gasteiger partial charge on any atom is 0.0811 e. The van der Waals surface area contributed by atoms with Gasteiger partial charge in [0.25, 0.3) is 0 Å². The molecule has 0 aliphatic carbocycles. The Bertz CT molecular complexity index is 96.1. The second-order valence-corrected chi connectivity index (χ2v) is 2.97. The first-order valence-corrected chi connectivity index (χ1v) is 4.21. The van der Waals surface area contributed by atoms with Gasteiger partial charge in [0.2, 0.25) is 0 Å². The summed E-state index contributed by atoms with van der Waals surface area (Å²) in [6.45, 7) is 2.82. The number of aliphatic hydroxyl groups excluding tert-OH is 1. The zero-order chi connectivity index (χ0) is 8.53. The van der Waals surface area contributed by atoms with E-state index in [4.69, 9.17) is 5.11 Å². The first-order valence-electron chi connectivity index (χ1n) is 4.21. The van der Waals surface area contributed by atoms with Gasteiger partial charge in [0.15, 0.2) is 0 Å². The fourth-order valence-corrected chi connectivity index (χ4v) is 1.03. The molecule has 0 aromatic rings. The molecule has 0 saturated heterocycles. The van der Waals surface area contributed by atoms with Crippen molar-refractivity contribution in [3.63, 3.8) is 0 Å². The van der Waals surface area contributed by atoms with Gasteiger partial charge < -0.3 is 5.11 Å². The number of unbranched alkanes of at least 4 members (excludes halogenated alkanes) is 1. The van der Waals surface area contributed by atoms with Gasteiger partial charge in [0.1, 0.15) is 0 Å². The second-order valence-electron chi connectivity index (χ2n) is 2.97. The molecular formula is C8H17NO2. The minimum Gasteiger partial charge on any atom is -0.396 e. The van der Waals surface area contributed by atoms with Crippen LogP contribution in [0.2, 0.25) is 0 Å². The molecule has 0 aliphatic heterocycles. The summed E-state index contributed by atoms with van der Waals surface area (Å²) >= 11 is 0. The molecule has 0 saturated carbocycles. The standard InChI is InChI=1S/C8H17NO2/c1-8(5-7-10)4-2-3-6-9-11/h8,10H,2-7H2,1H3/t8-/m1/s1. The van der Waals surface area contributed by atoms with Crippen LogP contribution in [-0.4, -0.2) is 18.3 Å². The van der Waals surface area contributed by atoms with Crippen LogP contribution in [0.4, 0.5) is 0 Å². The Labute approximate surface area is 67.8 Å². The highest BCUT2D eigenvalue weighted by molar-refractivity contribution is 4.53. The molecule has 1 atom stereocenters. The minimum atomic E-state index is 0.271. The van der Waals surface area contributed by atoms with Crippen LogP contribution >= 0.6 is 0 Å². The van der Waals surface area contributed by atoms with Crippen LogP contribution in [0.3, 0.4) is 0 Å². The number of hydrogen-bond acceptors (Lipinski definition) is 3. The summed E-state index contributed by atoms with van der Waals surface area (Å²) in [4.78, 5) is 9.69. The molecule has 0 aromatic heterocycles. The smallest absolute Gasteiger partial charge is 0.0811 e. The van der Waals surface area contributed by atoms with E-state index >= 15 is 0 Å². The van der Waals surface area contributed by atoms with Crippen molar-refractivity contribution in [2.24, 2.45) is 11.1 Å². The Morgan fingerprint density at radius 2 is 2.09 bits per heavy atom. The molecule has 3 nitrogen and oxygen atoms in total. The largest absolute Gasteiger partial charge is 0.396 e. The summed E-state index contributed by atoms with van der Waals surface area (Å²) in [5, 5.41) is 11.3. The molecule has 0 spiro atoms. The van der Waals surface area contributed by atoms with Crippen molar-refractivity contribution in [3.8, 4) is 0 Å². The fraction of sp³-hybridized carbons (Fsp3) is 1.00. The Kier molecular flexibility index (Phi) is 7.36. The van der Waals surface area contributed by atoms with Crippen molar-refractivity contribution in [2.75, 3.05) is 13.2 Å². The van der Waals surface area contributed by atoms with Crippen LogP contribution < -0.4 is 0 Å².